The molecule has 1 heterocycles. The van der Waals surface area contributed by atoms with Gasteiger partial charge in [0.15, 0.2) is 11.6 Å². The molecule has 3 aromatic carbocycles. The van der Waals surface area contributed by atoms with Gasteiger partial charge >= 0.3 is 0 Å². The fourth-order valence-corrected chi connectivity index (χ4v) is 7.40. The Balaban J connectivity index is 1.39. The van der Waals surface area contributed by atoms with Crippen LogP contribution in [0.5, 0.6) is 5.75 Å². The molecule has 0 bridgehead atoms. The first-order valence-corrected chi connectivity index (χ1v) is 14.9. The topological polar surface area (TPSA) is 46.6 Å². The van der Waals surface area contributed by atoms with Gasteiger partial charge in [-0.2, -0.15) is 0 Å². The van der Waals surface area contributed by atoms with Crippen molar-refractivity contribution in [3.8, 4) is 5.75 Å². The molecule has 3 aromatic rings. The van der Waals surface area contributed by atoms with Crippen molar-refractivity contribution in [2.45, 2.75) is 65.9 Å². The molecule has 0 N–H and O–H groups in total. The Morgan fingerprint density at radius 1 is 0.825 bits per heavy atom. The Bertz CT molecular complexity index is 1570. The van der Waals surface area contributed by atoms with Gasteiger partial charge in [0.05, 0.1) is 4.47 Å². The number of allylic oxidation sites excluding steroid dienone is 4. The molecule has 0 unspecified atom stereocenters. The molecule has 0 saturated heterocycles. The van der Waals surface area contributed by atoms with Crippen LogP contribution in [0.1, 0.15) is 70.4 Å². The SMILES string of the molecule is CN1C2=C(C(=O)CC(C)(C)C2)C(c2ccc(OCc3cccc4ccccc34)c(Br)c2)C2=C1CC(C)(C)CC2=O. The predicted molar refractivity (Wildman–Crippen MR) is 163 cm³/mol. The molecule has 0 amide bonds. The highest BCUT2D eigenvalue weighted by Crippen LogP contribution is 2.54. The first kappa shape index (κ1) is 27.0. The number of halogens is 1. The number of hydrogen-bond acceptors (Lipinski definition) is 4. The van der Waals surface area contributed by atoms with E-state index in [9.17, 15) is 9.59 Å². The molecule has 0 aromatic heterocycles. The fraction of sp³-hybridized carbons (Fsp3) is 0.371. The van der Waals surface area contributed by atoms with Crippen molar-refractivity contribution in [2.75, 3.05) is 7.05 Å². The summed E-state index contributed by atoms with van der Waals surface area (Å²) >= 11 is 3.75. The number of rotatable bonds is 4. The molecule has 0 atom stereocenters. The molecular weight excluding hydrogens is 562 g/mol. The van der Waals surface area contributed by atoms with Gasteiger partial charge in [-0.05, 0) is 73.6 Å². The summed E-state index contributed by atoms with van der Waals surface area (Å²) in [5.74, 6) is 0.691. The number of Topliss-reactive ketones (excluding diaryl/α,β-unsaturated/α-hetero) is 2. The molecule has 0 radical (unpaired) electrons. The van der Waals surface area contributed by atoms with Crippen LogP contribution in [0, 0.1) is 10.8 Å². The largest absolute Gasteiger partial charge is 0.488 e. The third-order valence-electron chi connectivity index (χ3n) is 8.73. The summed E-state index contributed by atoms with van der Waals surface area (Å²) in [7, 11) is 2.05. The predicted octanol–water partition coefficient (Wildman–Crippen LogP) is 8.50. The van der Waals surface area contributed by atoms with Crippen molar-refractivity contribution in [3.05, 3.63) is 98.8 Å². The van der Waals surface area contributed by atoms with E-state index in [0.717, 1.165) is 56.7 Å². The van der Waals surface area contributed by atoms with Crippen LogP contribution in [0.15, 0.2) is 87.7 Å². The first-order chi connectivity index (χ1) is 18.9. The van der Waals surface area contributed by atoms with Crippen LogP contribution in [0.2, 0.25) is 0 Å². The van der Waals surface area contributed by atoms with Gasteiger partial charge in [-0.25, -0.2) is 0 Å². The highest BCUT2D eigenvalue weighted by molar-refractivity contribution is 9.10. The smallest absolute Gasteiger partial charge is 0.162 e. The minimum Gasteiger partial charge on any atom is -0.488 e. The fourth-order valence-electron chi connectivity index (χ4n) is 6.89. The van der Waals surface area contributed by atoms with Crippen molar-refractivity contribution in [1.82, 2.24) is 4.90 Å². The van der Waals surface area contributed by atoms with Crippen LogP contribution in [-0.2, 0) is 16.2 Å². The number of ether oxygens (including phenoxy) is 1. The monoisotopic (exact) mass is 597 g/mol. The molecule has 5 heteroatoms. The maximum Gasteiger partial charge on any atom is 0.162 e. The van der Waals surface area contributed by atoms with E-state index < -0.39 is 0 Å². The van der Waals surface area contributed by atoms with Crippen LogP contribution in [0.25, 0.3) is 10.8 Å². The normalized spacial score (nSPS) is 20.6. The summed E-state index contributed by atoms with van der Waals surface area (Å²) in [6.45, 7) is 9.09. The van der Waals surface area contributed by atoms with Crippen LogP contribution in [0.4, 0.5) is 0 Å². The van der Waals surface area contributed by atoms with Gasteiger partial charge in [0.2, 0.25) is 0 Å². The van der Waals surface area contributed by atoms with Crippen LogP contribution in [-0.4, -0.2) is 23.5 Å². The van der Waals surface area contributed by atoms with Crippen molar-refractivity contribution >= 4 is 38.3 Å². The Labute approximate surface area is 245 Å². The standard InChI is InChI=1S/C35H36BrNO3/c1-34(2)16-26-32(28(38)18-34)31(33-27(37(26)5)17-35(3,4)19-29(33)39)22-13-14-30(25(36)15-22)40-20-23-11-8-10-21-9-6-7-12-24(21)23/h6-15,31H,16-20H2,1-5H3. The molecular formula is C35H36BrNO3. The molecule has 2 aliphatic carbocycles. The average Bonchev–Trinajstić information content (AvgIpc) is 2.88. The summed E-state index contributed by atoms with van der Waals surface area (Å²) in [5.41, 5.74) is 5.60. The van der Waals surface area contributed by atoms with E-state index in [0.29, 0.717) is 19.4 Å². The third kappa shape index (κ3) is 4.72. The maximum absolute atomic E-state index is 13.7. The average molecular weight is 599 g/mol. The van der Waals surface area contributed by atoms with Gasteiger partial charge in [0.1, 0.15) is 12.4 Å². The third-order valence-corrected chi connectivity index (χ3v) is 9.35. The number of benzene rings is 3. The number of carbonyl (C=O) groups excluding carboxylic acids is 2. The van der Waals surface area contributed by atoms with Gasteiger partial charge < -0.3 is 9.64 Å². The molecule has 0 spiro atoms. The Morgan fingerprint density at radius 2 is 1.43 bits per heavy atom. The Morgan fingerprint density at radius 3 is 2.05 bits per heavy atom. The van der Waals surface area contributed by atoms with Crippen molar-refractivity contribution in [3.63, 3.8) is 0 Å². The van der Waals surface area contributed by atoms with E-state index in [1.54, 1.807) is 0 Å². The number of carbonyl (C=O) groups is 2. The first-order valence-electron chi connectivity index (χ1n) is 14.1. The van der Waals surface area contributed by atoms with Crippen molar-refractivity contribution in [2.24, 2.45) is 10.8 Å². The molecule has 3 aliphatic rings. The molecule has 0 fully saturated rings. The van der Waals surface area contributed by atoms with E-state index in [4.69, 9.17) is 4.74 Å². The van der Waals surface area contributed by atoms with Crippen LogP contribution in [0.3, 0.4) is 0 Å². The van der Waals surface area contributed by atoms with Gasteiger partial charge in [0.25, 0.3) is 0 Å². The van der Waals surface area contributed by atoms with Crippen LogP contribution < -0.4 is 4.74 Å². The summed E-state index contributed by atoms with van der Waals surface area (Å²) in [6, 6.07) is 20.6. The summed E-state index contributed by atoms with van der Waals surface area (Å²) in [5, 5.41) is 2.37. The lowest BCUT2D eigenvalue weighted by atomic mass is 9.64. The lowest BCUT2D eigenvalue weighted by Crippen LogP contribution is -2.43. The van der Waals surface area contributed by atoms with E-state index in [-0.39, 0.29) is 28.3 Å². The van der Waals surface area contributed by atoms with E-state index in [1.165, 1.54) is 10.8 Å². The summed E-state index contributed by atoms with van der Waals surface area (Å²) < 4.78 is 7.11. The second-order valence-corrected chi connectivity index (χ2v) is 14.1. The van der Waals surface area contributed by atoms with Gasteiger partial charge in [-0.15, -0.1) is 0 Å². The molecule has 4 nitrogen and oxygen atoms in total. The summed E-state index contributed by atoms with van der Waals surface area (Å²) in [6.07, 6.45) is 2.62. The lowest BCUT2D eigenvalue weighted by Gasteiger charge is -2.47. The molecule has 1 aliphatic heterocycles. The highest BCUT2D eigenvalue weighted by atomic mass is 79.9. The van der Waals surface area contributed by atoms with Crippen molar-refractivity contribution in [1.29, 1.82) is 0 Å². The van der Waals surface area contributed by atoms with E-state index in [1.807, 2.05) is 37.4 Å². The quantitative estimate of drug-likeness (QED) is 0.302. The zero-order valence-corrected chi connectivity index (χ0v) is 25.5. The maximum atomic E-state index is 13.7. The second kappa shape index (κ2) is 9.73. The van der Waals surface area contributed by atoms with Gasteiger partial charge in [-0.1, -0.05) is 76.2 Å². The minimum atomic E-state index is -0.350. The second-order valence-electron chi connectivity index (χ2n) is 13.2. The zero-order chi connectivity index (χ0) is 28.4. The minimum absolute atomic E-state index is 0.110. The molecule has 0 saturated carbocycles. The van der Waals surface area contributed by atoms with Gasteiger partial charge in [-0.3, -0.25) is 9.59 Å². The van der Waals surface area contributed by atoms with Gasteiger partial charge in [0, 0.05) is 48.3 Å². The number of ketones is 2. The summed E-state index contributed by atoms with van der Waals surface area (Å²) in [4.78, 5) is 29.7. The molecule has 206 valence electrons. The number of fused-ring (bicyclic) bond motifs is 1. The van der Waals surface area contributed by atoms with Crippen molar-refractivity contribution < 1.29 is 14.3 Å². The van der Waals surface area contributed by atoms with Crippen LogP contribution >= 0.6 is 15.9 Å². The Hall–Kier alpha value is -3.18. The van der Waals surface area contributed by atoms with E-state index in [2.05, 4.69) is 78.9 Å². The molecule has 6 rings (SSSR count). The van der Waals surface area contributed by atoms with E-state index >= 15 is 0 Å². The zero-order valence-electron chi connectivity index (χ0n) is 23.9. The number of nitrogens with zero attached hydrogens (tertiary/aromatic N) is 1. The lowest BCUT2D eigenvalue weighted by molar-refractivity contribution is -0.119. The highest BCUT2D eigenvalue weighted by Gasteiger charge is 2.48. The molecule has 40 heavy (non-hydrogen) atoms. The Kier molecular flexibility index (Phi) is 6.57. The number of hydrogen-bond donors (Lipinski definition) is 0.